The molecule has 0 aliphatic carbocycles. The van der Waals surface area contributed by atoms with Crippen LogP contribution in [-0.2, 0) is 7.05 Å². The quantitative estimate of drug-likeness (QED) is 0.527. The van der Waals surface area contributed by atoms with Crippen LogP contribution >= 0.6 is 0 Å². The molecule has 1 heterocycles. The van der Waals surface area contributed by atoms with Crippen molar-refractivity contribution in [3.8, 4) is 5.75 Å². The number of amides is 1. The van der Waals surface area contributed by atoms with Crippen LogP contribution < -0.4 is 16.6 Å². The molecule has 1 aromatic rings. The van der Waals surface area contributed by atoms with Crippen LogP contribution in [0.25, 0.3) is 0 Å². The van der Waals surface area contributed by atoms with E-state index in [0.717, 1.165) is 0 Å². The number of aryl methyl sites for hydroxylation is 1. The Morgan fingerprint density at radius 3 is 2.61 bits per heavy atom. The smallest absolute Gasteiger partial charge is 0.293 e. The third-order valence-corrected chi connectivity index (χ3v) is 1.92. The summed E-state index contributed by atoms with van der Waals surface area (Å²) in [5, 5.41) is 11.9. The molecule has 0 unspecified atom stereocenters. The van der Waals surface area contributed by atoms with Crippen LogP contribution in [-0.4, -0.2) is 34.1 Å². The van der Waals surface area contributed by atoms with Gasteiger partial charge in [-0.1, -0.05) is 0 Å². The first kappa shape index (κ1) is 22.6. The van der Waals surface area contributed by atoms with Gasteiger partial charge in [-0.2, -0.15) is 0 Å². The summed E-state index contributed by atoms with van der Waals surface area (Å²) in [6, 6.07) is 1.38. The molecule has 0 aliphatic heterocycles. The predicted octanol–water partition coefficient (Wildman–Crippen LogP) is -1.60. The van der Waals surface area contributed by atoms with E-state index in [-0.39, 0.29) is 58.4 Å². The van der Waals surface area contributed by atoms with Gasteiger partial charge in [-0.15, -0.1) is 0 Å². The first-order chi connectivity index (χ1) is 7.07. The summed E-state index contributed by atoms with van der Waals surface area (Å²) >= 11 is 0. The zero-order chi connectivity index (χ0) is 11.4. The van der Waals surface area contributed by atoms with E-state index < -0.39 is 17.2 Å². The normalized spacial score (nSPS) is 8.33. The third-order valence-electron chi connectivity index (χ3n) is 1.92. The van der Waals surface area contributed by atoms with Gasteiger partial charge in [-0.3, -0.25) is 9.59 Å². The standard InChI is InChI=1S/C9H13N3O3.CH3.Gd.H2O/c1-12-5-2-6(7(13)9(12)15)8(14)11-4-3-10;;;/h2,5,13H,3-4,10H2,1H3,(H,11,14);1H3;;1H2/q;-1;;. The van der Waals surface area contributed by atoms with Gasteiger partial charge in [0, 0.05) is 66.3 Å². The molecule has 1 aromatic heterocycles. The van der Waals surface area contributed by atoms with Crippen molar-refractivity contribution in [3.05, 3.63) is 35.6 Å². The number of nitrogens with zero attached hydrogens (tertiary/aromatic N) is 1. The van der Waals surface area contributed by atoms with Crippen LogP contribution in [0.5, 0.6) is 5.75 Å². The van der Waals surface area contributed by atoms with Crippen molar-refractivity contribution >= 4 is 5.91 Å². The predicted molar refractivity (Wildman–Crippen MR) is 64.8 cm³/mol. The summed E-state index contributed by atoms with van der Waals surface area (Å²) in [4.78, 5) is 22.7. The van der Waals surface area contributed by atoms with E-state index in [0.29, 0.717) is 13.1 Å². The molecule has 0 saturated heterocycles. The summed E-state index contributed by atoms with van der Waals surface area (Å²) in [5.41, 5.74) is 4.57. The molecule has 0 spiro atoms. The Hall–Kier alpha value is -0.535. The van der Waals surface area contributed by atoms with Crippen molar-refractivity contribution in [2.75, 3.05) is 13.1 Å². The monoisotopic (exact) mass is 402 g/mol. The van der Waals surface area contributed by atoms with Crippen molar-refractivity contribution in [2.45, 2.75) is 0 Å². The largest absolute Gasteiger partial charge is 0.502 e. The second-order valence-corrected chi connectivity index (χ2v) is 3.04. The number of hydrogen-bond acceptors (Lipinski definition) is 4. The minimum atomic E-state index is -0.601. The SMILES string of the molecule is Cn1ccc(C(=O)NCCN)c(O)c1=O.O.[CH3-].[Gd]. The van der Waals surface area contributed by atoms with Crippen LogP contribution in [0.4, 0.5) is 0 Å². The van der Waals surface area contributed by atoms with Crippen LogP contribution in [0, 0.1) is 47.4 Å². The van der Waals surface area contributed by atoms with Gasteiger partial charge < -0.3 is 33.6 Å². The maximum Gasteiger partial charge on any atom is 0.293 e. The molecular formula is C10H18GdN3O4-. The van der Waals surface area contributed by atoms with E-state index in [9.17, 15) is 14.7 Å². The number of carbonyl (C=O) groups excluding carboxylic acids is 1. The summed E-state index contributed by atoms with van der Waals surface area (Å²) in [6.45, 7) is 0.602. The molecule has 18 heavy (non-hydrogen) atoms. The second-order valence-electron chi connectivity index (χ2n) is 3.04. The number of nitrogens with one attached hydrogen (secondary N) is 1. The van der Waals surface area contributed by atoms with Gasteiger partial charge in [0.2, 0.25) is 0 Å². The Morgan fingerprint density at radius 1 is 1.56 bits per heavy atom. The molecule has 0 radical (unpaired) electrons. The molecule has 0 aromatic carbocycles. The van der Waals surface area contributed by atoms with Crippen LogP contribution in [0.1, 0.15) is 10.4 Å². The maximum atomic E-state index is 11.4. The number of pyridine rings is 1. The summed E-state index contributed by atoms with van der Waals surface area (Å²) in [7, 11) is 1.49. The molecule has 0 aliphatic rings. The third kappa shape index (κ3) is 5.41. The molecular weight excluding hydrogens is 383 g/mol. The van der Waals surface area contributed by atoms with E-state index >= 15 is 0 Å². The van der Waals surface area contributed by atoms with Crippen LogP contribution in [0.3, 0.4) is 0 Å². The van der Waals surface area contributed by atoms with Crippen LogP contribution in [0.15, 0.2) is 17.1 Å². The van der Waals surface area contributed by atoms with E-state index in [1.807, 2.05) is 0 Å². The van der Waals surface area contributed by atoms with Crippen molar-refractivity contribution in [3.63, 3.8) is 0 Å². The van der Waals surface area contributed by atoms with Gasteiger partial charge in [0.15, 0.2) is 5.75 Å². The Bertz CT molecular complexity index is 434. The van der Waals surface area contributed by atoms with Crippen molar-refractivity contribution < 1.29 is 55.3 Å². The topological polar surface area (TPSA) is 129 Å². The van der Waals surface area contributed by atoms with Crippen LogP contribution in [0.2, 0.25) is 0 Å². The molecule has 0 bridgehead atoms. The minimum Gasteiger partial charge on any atom is -0.502 e. The average molecular weight is 402 g/mol. The number of aromatic hydroxyl groups is 1. The van der Waals surface area contributed by atoms with Crippen molar-refractivity contribution in [1.29, 1.82) is 0 Å². The summed E-state index contributed by atoms with van der Waals surface area (Å²) < 4.78 is 1.19. The van der Waals surface area contributed by atoms with Gasteiger partial charge in [0.1, 0.15) is 0 Å². The Balaban J connectivity index is -0.000000750. The van der Waals surface area contributed by atoms with Gasteiger partial charge >= 0.3 is 0 Å². The van der Waals surface area contributed by atoms with E-state index in [4.69, 9.17) is 5.73 Å². The Morgan fingerprint density at radius 2 is 2.11 bits per heavy atom. The number of aromatic nitrogens is 1. The number of nitrogens with two attached hydrogens (primary N) is 1. The first-order valence-electron chi connectivity index (χ1n) is 4.44. The Kier molecular flexibility index (Phi) is 13.1. The second kappa shape index (κ2) is 10.4. The zero-order valence-corrected chi connectivity index (χ0v) is 12.5. The summed E-state index contributed by atoms with van der Waals surface area (Å²) in [5.74, 6) is -1.05. The molecule has 106 valence electrons. The summed E-state index contributed by atoms with van der Waals surface area (Å²) in [6.07, 6.45) is 1.42. The number of hydrogen-bond donors (Lipinski definition) is 3. The van der Waals surface area contributed by atoms with E-state index in [1.54, 1.807) is 0 Å². The van der Waals surface area contributed by atoms with Gasteiger partial charge in [-0.25, -0.2) is 0 Å². The van der Waals surface area contributed by atoms with Gasteiger partial charge in [-0.05, 0) is 6.07 Å². The van der Waals surface area contributed by atoms with Gasteiger partial charge in [0.05, 0.1) is 5.56 Å². The molecule has 6 N–H and O–H groups in total. The average Bonchev–Trinajstić information content (AvgIpc) is 2.23. The molecule has 0 saturated carbocycles. The fourth-order valence-corrected chi connectivity index (χ4v) is 1.08. The van der Waals surface area contributed by atoms with E-state index in [2.05, 4.69) is 5.32 Å². The molecule has 0 fully saturated rings. The molecule has 0 atom stereocenters. The molecule has 7 nitrogen and oxygen atoms in total. The number of rotatable bonds is 3. The fraction of sp³-hybridized carbons (Fsp3) is 0.300. The minimum absolute atomic E-state index is 0. The fourth-order valence-electron chi connectivity index (χ4n) is 1.08. The van der Waals surface area contributed by atoms with Crippen molar-refractivity contribution in [1.82, 2.24) is 9.88 Å². The Labute approximate surface area is 137 Å². The maximum absolute atomic E-state index is 11.4. The number of carbonyl (C=O) groups is 1. The first-order valence-corrected chi connectivity index (χ1v) is 4.44. The van der Waals surface area contributed by atoms with E-state index in [1.165, 1.54) is 23.9 Å². The molecule has 1 rings (SSSR count). The molecule has 1 amide bonds. The van der Waals surface area contributed by atoms with Gasteiger partial charge in [0.25, 0.3) is 11.5 Å². The zero-order valence-electron chi connectivity index (χ0n) is 10.2. The van der Waals surface area contributed by atoms with Crippen molar-refractivity contribution in [2.24, 2.45) is 12.8 Å². The molecule has 8 heteroatoms.